The van der Waals surface area contributed by atoms with Crippen LogP contribution in [0.3, 0.4) is 0 Å². The minimum Gasteiger partial charge on any atom is -0.436 e. The van der Waals surface area contributed by atoms with Crippen LogP contribution in [0.5, 0.6) is 11.6 Å². The highest BCUT2D eigenvalue weighted by molar-refractivity contribution is 7.86. The molecule has 6 rings (SSSR count). The van der Waals surface area contributed by atoms with Crippen LogP contribution in [-0.4, -0.2) is 44.0 Å². The molecule has 0 bridgehead atoms. The molecule has 2 aromatic heterocycles. The fraction of sp³-hybridized carbons (Fsp3) is 0.345. The Bertz CT molecular complexity index is 1470. The van der Waals surface area contributed by atoms with Gasteiger partial charge in [0.2, 0.25) is 5.88 Å². The van der Waals surface area contributed by atoms with Gasteiger partial charge in [-0.3, -0.25) is 0 Å². The van der Waals surface area contributed by atoms with Crippen molar-refractivity contribution in [1.29, 1.82) is 0 Å². The van der Waals surface area contributed by atoms with E-state index in [0.717, 1.165) is 59.3 Å². The molecule has 3 N–H and O–H groups in total. The second-order valence-corrected chi connectivity index (χ2v) is 11.3. The Morgan fingerprint density at radius 1 is 1.03 bits per heavy atom. The Balaban J connectivity index is 1.30. The lowest BCUT2D eigenvalue weighted by atomic mass is 10.0. The van der Waals surface area contributed by atoms with E-state index in [1.54, 1.807) is 18.6 Å². The van der Waals surface area contributed by atoms with Crippen LogP contribution in [0.2, 0.25) is 0 Å². The van der Waals surface area contributed by atoms with Gasteiger partial charge >= 0.3 is 0 Å². The molecule has 1 saturated heterocycles. The molecule has 38 heavy (non-hydrogen) atoms. The lowest BCUT2D eigenvalue weighted by molar-refractivity contribution is 0.464. The highest BCUT2D eigenvalue weighted by Crippen LogP contribution is 2.40. The number of pyridine rings is 1. The van der Waals surface area contributed by atoms with Gasteiger partial charge in [0.15, 0.2) is 0 Å². The third-order valence-electron chi connectivity index (χ3n) is 7.03. The summed E-state index contributed by atoms with van der Waals surface area (Å²) in [5, 5.41) is 8.85. The number of nitrogens with zero attached hydrogens (tertiary/aromatic N) is 3. The number of benzene rings is 2. The monoisotopic (exact) mass is 528 g/mol. The van der Waals surface area contributed by atoms with Crippen LogP contribution in [0, 0.1) is 12.8 Å². The Labute approximate surface area is 225 Å². The Morgan fingerprint density at radius 2 is 1.87 bits per heavy atom. The van der Waals surface area contributed by atoms with Crippen molar-refractivity contribution < 1.29 is 8.95 Å². The summed E-state index contributed by atoms with van der Waals surface area (Å²) in [6.07, 6.45) is 9.71. The highest BCUT2D eigenvalue weighted by atomic mass is 32.2. The molecule has 2 aliphatic rings. The van der Waals surface area contributed by atoms with Gasteiger partial charge in [-0.1, -0.05) is 24.3 Å². The smallest absolute Gasteiger partial charge is 0.246 e. The van der Waals surface area contributed by atoms with Gasteiger partial charge in [0.25, 0.3) is 0 Å². The Hall–Kier alpha value is -3.56. The van der Waals surface area contributed by atoms with E-state index >= 15 is 0 Å². The predicted molar refractivity (Wildman–Crippen MR) is 153 cm³/mol. The molecule has 0 amide bonds. The van der Waals surface area contributed by atoms with Crippen molar-refractivity contribution in [2.45, 2.75) is 38.6 Å². The number of ether oxygens (including phenoxy) is 1. The van der Waals surface area contributed by atoms with Gasteiger partial charge in [0.05, 0.1) is 5.69 Å². The molecule has 3 heterocycles. The molecule has 2 unspecified atom stereocenters. The van der Waals surface area contributed by atoms with Crippen molar-refractivity contribution in [3.8, 4) is 22.9 Å². The van der Waals surface area contributed by atoms with E-state index < -0.39 is 11.0 Å². The summed E-state index contributed by atoms with van der Waals surface area (Å²) >= 11 is 0. The van der Waals surface area contributed by atoms with E-state index in [9.17, 15) is 4.21 Å². The minimum atomic E-state index is -1.11. The average Bonchev–Trinajstić information content (AvgIpc) is 3.76. The average molecular weight is 529 g/mol. The van der Waals surface area contributed by atoms with Gasteiger partial charge in [0.1, 0.15) is 28.2 Å². The van der Waals surface area contributed by atoms with Crippen LogP contribution in [0.15, 0.2) is 61.1 Å². The lowest BCUT2D eigenvalue weighted by Gasteiger charge is -2.24. The number of rotatable bonds is 9. The summed E-state index contributed by atoms with van der Waals surface area (Å²) in [4.78, 5) is 13.7. The Morgan fingerprint density at radius 3 is 2.68 bits per heavy atom. The molecular weight excluding hydrogens is 496 g/mol. The number of piperidine rings is 1. The summed E-state index contributed by atoms with van der Waals surface area (Å²) < 4.78 is 22.4. The molecule has 2 fully saturated rings. The SMILES string of the molecule is Cc1cc(NS(=O)CC2CC2)c2ccccc2c1Oc1nccnc1-c1ccnc(NC2CCCNC2)c1. The van der Waals surface area contributed by atoms with E-state index in [0.29, 0.717) is 35.0 Å². The molecule has 0 radical (unpaired) electrons. The summed E-state index contributed by atoms with van der Waals surface area (Å²) in [5.41, 5.74) is 3.31. The van der Waals surface area contributed by atoms with Crippen LogP contribution < -0.4 is 20.1 Å². The van der Waals surface area contributed by atoms with Crippen LogP contribution >= 0.6 is 0 Å². The highest BCUT2D eigenvalue weighted by Gasteiger charge is 2.24. The van der Waals surface area contributed by atoms with Gasteiger partial charge in [0, 0.05) is 53.3 Å². The van der Waals surface area contributed by atoms with E-state index in [4.69, 9.17) is 4.74 Å². The molecule has 4 aromatic rings. The van der Waals surface area contributed by atoms with Crippen molar-refractivity contribution in [2.24, 2.45) is 5.92 Å². The second kappa shape index (κ2) is 11.0. The summed E-state index contributed by atoms with van der Waals surface area (Å²) in [6.45, 7) is 3.99. The summed E-state index contributed by atoms with van der Waals surface area (Å²) in [5.74, 6) is 3.21. The number of aromatic nitrogens is 3. The van der Waals surface area contributed by atoms with Gasteiger partial charge in [-0.25, -0.2) is 19.2 Å². The first-order valence-corrected chi connectivity index (χ1v) is 14.6. The molecule has 9 heteroatoms. The van der Waals surface area contributed by atoms with Gasteiger partial charge < -0.3 is 20.1 Å². The topological polar surface area (TPSA) is 101 Å². The van der Waals surface area contributed by atoms with Crippen LogP contribution in [0.4, 0.5) is 11.5 Å². The molecule has 2 atom stereocenters. The third kappa shape index (κ3) is 5.63. The maximum Gasteiger partial charge on any atom is 0.246 e. The zero-order valence-electron chi connectivity index (χ0n) is 21.4. The third-order valence-corrected chi connectivity index (χ3v) is 8.26. The van der Waals surface area contributed by atoms with E-state index in [2.05, 4.69) is 30.3 Å². The maximum absolute atomic E-state index is 12.7. The van der Waals surface area contributed by atoms with Crippen LogP contribution in [0.1, 0.15) is 31.2 Å². The summed E-state index contributed by atoms with van der Waals surface area (Å²) in [7, 11) is -1.11. The van der Waals surface area contributed by atoms with Crippen molar-refractivity contribution in [3.63, 3.8) is 0 Å². The fourth-order valence-corrected chi connectivity index (χ4v) is 6.17. The van der Waals surface area contributed by atoms with E-state index in [1.807, 2.05) is 49.4 Å². The number of hydrogen-bond donors (Lipinski definition) is 3. The Kier molecular flexibility index (Phi) is 7.20. The molecule has 1 aliphatic carbocycles. The quantitative estimate of drug-likeness (QED) is 0.266. The number of fused-ring (bicyclic) bond motifs is 1. The first-order chi connectivity index (χ1) is 18.6. The fourth-order valence-electron chi connectivity index (χ4n) is 4.91. The maximum atomic E-state index is 12.7. The molecule has 196 valence electrons. The number of hydrogen-bond acceptors (Lipinski definition) is 7. The van der Waals surface area contributed by atoms with Crippen LogP contribution in [0.25, 0.3) is 22.0 Å². The van der Waals surface area contributed by atoms with E-state index in [-0.39, 0.29) is 0 Å². The number of nitrogens with one attached hydrogen (secondary N) is 3. The van der Waals surface area contributed by atoms with Crippen LogP contribution in [-0.2, 0) is 11.0 Å². The summed E-state index contributed by atoms with van der Waals surface area (Å²) in [6, 6.07) is 14.3. The molecule has 1 saturated carbocycles. The second-order valence-electron chi connectivity index (χ2n) is 10.1. The van der Waals surface area contributed by atoms with Gasteiger partial charge in [-0.2, -0.15) is 0 Å². The predicted octanol–water partition coefficient (Wildman–Crippen LogP) is 5.44. The zero-order valence-corrected chi connectivity index (χ0v) is 22.3. The van der Waals surface area contributed by atoms with Gasteiger partial charge in [-0.05, 0) is 68.8 Å². The standard InChI is InChI=1S/C29H32N6O2S/c1-19-15-25(35-38(36)18-20-8-9-20)23-6-2-3-7-24(23)28(19)37-29-27(32-13-14-33-29)21-10-12-31-26(16-21)34-22-5-4-11-30-17-22/h2-3,6-7,10,12-16,20,22,30,35H,4-5,8-9,11,17-18H2,1H3,(H,31,34). The van der Waals surface area contributed by atoms with Gasteiger partial charge in [-0.15, -0.1) is 0 Å². The number of aryl methyl sites for hydroxylation is 1. The largest absolute Gasteiger partial charge is 0.436 e. The molecule has 8 nitrogen and oxygen atoms in total. The van der Waals surface area contributed by atoms with Crippen molar-refractivity contribution in [3.05, 3.63) is 66.6 Å². The first kappa shape index (κ1) is 24.8. The van der Waals surface area contributed by atoms with Crippen molar-refractivity contribution >= 4 is 33.3 Å². The molecule has 0 spiro atoms. The molecular formula is C29H32N6O2S. The minimum absolute atomic E-state index is 0.351. The van der Waals surface area contributed by atoms with Crippen molar-refractivity contribution in [2.75, 3.05) is 28.9 Å². The molecule has 2 aromatic carbocycles. The first-order valence-electron chi connectivity index (χ1n) is 13.2. The van der Waals surface area contributed by atoms with E-state index in [1.165, 1.54) is 12.8 Å². The zero-order chi connectivity index (χ0) is 25.9. The van der Waals surface area contributed by atoms with Crippen molar-refractivity contribution in [1.82, 2.24) is 20.3 Å². The lowest BCUT2D eigenvalue weighted by Crippen LogP contribution is -2.38. The number of anilines is 2. The molecule has 1 aliphatic heterocycles. The normalized spacial score (nSPS) is 18.2.